The molecule has 0 amide bonds. The van der Waals surface area contributed by atoms with Crippen molar-refractivity contribution in [2.75, 3.05) is 57.8 Å². The third kappa shape index (κ3) is 7.82. The van der Waals surface area contributed by atoms with Crippen molar-refractivity contribution < 1.29 is 0 Å². The van der Waals surface area contributed by atoms with Gasteiger partial charge in [0.05, 0.1) is 6.54 Å². The molecule has 7 heteroatoms. The summed E-state index contributed by atoms with van der Waals surface area (Å²) in [6.45, 7) is 18.7. The zero-order valence-electron chi connectivity index (χ0n) is 19.3. The summed E-state index contributed by atoms with van der Waals surface area (Å²) in [5.41, 5.74) is 1.19. The van der Waals surface area contributed by atoms with Gasteiger partial charge in [-0.25, -0.2) is 9.98 Å². The molecule has 0 radical (unpaired) electrons. The largest absolute Gasteiger partial charge is 0.357 e. The van der Waals surface area contributed by atoms with Crippen LogP contribution in [0.15, 0.2) is 23.3 Å². The van der Waals surface area contributed by atoms with Gasteiger partial charge in [0.1, 0.15) is 5.82 Å². The lowest BCUT2D eigenvalue weighted by Crippen LogP contribution is -2.45. The van der Waals surface area contributed by atoms with Crippen molar-refractivity contribution in [2.45, 2.75) is 53.2 Å². The van der Waals surface area contributed by atoms with E-state index >= 15 is 0 Å². The second-order valence-corrected chi connectivity index (χ2v) is 8.36. The Morgan fingerprint density at radius 2 is 1.83 bits per heavy atom. The zero-order chi connectivity index (χ0) is 21.2. The van der Waals surface area contributed by atoms with Crippen LogP contribution in [0.5, 0.6) is 0 Å². The number of hydrogen-bond acceptors (Lipinski definition) is 5. The van der Waals surface area contributed by atoms with E-state index in [1.54, 1.807) is 0 Å². The molecule has 0 aliphatic carbocycles. The van der Waals surface area contributed by atoms with Crippen LogP contribution in [0.25, 0.3) is 0 Å². The molecule has 2 N–H and O–H groups in total. The van der Waals surface area contributed by atoms with E-state index in [0.717, 1.165) is 57.6 Å². The van der Waals surface area contributed by atoms with Gasteiger partial charge in [0.25, 0.3) is 0 Å². The second-order valence-electron chi connectivity index (χ2n) is 8.36. The average molecular weight is 404 g/mol. The van der Waals surface area contributed by atoms with Crippen molar-refractivity contribution in [2.24, 2.45) is 4.99 Å². The van der Waals surface area contributed by atoms with Crippen LogP contribution < -0.4 is 15.5 Å². The highest BCUT2D eigenvalue weighted by Crippen LogP contribution is 2.15. The summed E-state index contributed by atoms with van der Waals surface area (Å²) < 4.78 is 0. The van der Waals surface area contributed by atoms with Gasteiger partial charge in [-0.15, -0.1) is 0 Å². The minimum absolute atomic E-state index is 0.543. The SMILES string of the molecule is CCNC(=NCc1ccnc(N2CCN(C)CC2)c1)NCCN(C(C)C)C(C)C. The molecule has 2 rings (SSSR count). The summed E-state index contributed by atoms with van der Waals surface area (Å²) in [5.74, 6) is 1.94. The fourth-order valence-corrected chi connectivity index (χ4v) is 3.70. The third-order valence-electron chi connectivity index (χ3n) is 5.39. The van der Waals surface area contributed by atoms with Gasteiger partial charge in [0.15, 0.2) is 5.96 Å². The molecule has 29 heavy (non-hydrogen) atoms. The van der Waals surface area contributed by atoms with Crippen LogP contribution in [-0.4, -0.2) is 85.7 Å². The molecular weight excluding hydrogens is 362 g/mol. The molecule has 164 valence electrons. The van der Waals surface area contributed by atoms with E-state index in [2.05, 4.69) is 84.1 Å². The van der Waals surface area contributed by atoms with Crippen molar-refractivity contribution in [1.29, 1.82) is 0 Å². The summed E-state index contributed by atoms with van der Waals surface area (Å²) in [5, 5.41) is 6.84. The fourth-order valence-electron chi connectivity index (χ4n) is 3.70. The minimum Gasteiger partial charge on any atom is -0.357 e. The van der Waals surface area contributed by atoms with Crippen LogP contribution in [0.1, 0.15) is 40.2 Å². The van der Waals surface area contributed by atoms with Crippen molar-refractivity contribution in [3.05, 3.63) is 23.9 Å². The topological polar surface area (TPSA) is 59.0 Å². The molecule has 0 bridgehead atoms. The van der Waals surface area contributed by atoms with Gasteiger partial charge in [0.2, 0.25) is 0 Å². The number of nitrogens with zero attached hydrogens (tertiary/aromatic N) is 5. The maximum absolute atomic E-state index is 4.79. The lowest BCUT2D eigenvalue weighted by Gasteiger charge is -2.33. The molecule has 0 saturated carbocycles. The van der Waals surface area contributed by atoms with E-state index in [0.29, 0.717) is 18.6 Å². The first-order chi connectivity index (χ1) is 13.9. The van der Waals surface area contributed by atoms with Crippen LogP contribution in [0.3, 0.4) is 0 Å². The maximum Gasteiger partial charge on any atom is 0.191 e. The van der Waals surface area contributed by atoms with E-state index < -0.39 is 0 Å². The van der Waals surface area contributed by atoms with Gasteiger partial charge in [-0.2, -0.15) is 0 Å². The Morgan fingerprint density at radius 1 is 1.14 bits per heavy atom. The van der Waals surface area contributed by atoms with E-state index in [4.69, 9.17) is 4.99 Å². The molecule has 7 nitrogen and oxygen atoms in total. The second kappa shape index (κ2) is 12.0. The van der Waals surface area contributed by atoms with Gasteiger partial charge in [-0.3, -0.25) is 4.90 Å². The molecular formula is C22H41N7. The smallest absolute Gasteiger partial charge is 0.191 e. The highest BCUT2D eigenvalue weighted by molar-refractivity contribution is 5.79. The predicted octanol–water partition coefficient (Wildman–Crippen LogP) is 2.01. The number of rotatable bonds is 9. The molecule has 1 aromatic rings. The Kier molecular flexibility index (Phi) is 9.67. The minimum atomic E-state index is 0.543. The summed E-state index contributed by atoms with van der Waals surface area (Å²) in [4.78, 5) is 16.6. The Bertz CT molecular complexity index is 613. The van der Waals surface area contributed by atoms with Gasteiger partial charge < -0.3 is 20.4 Å². The van der Waals surface area contributed by atoms with Gasteiger partial charge in [-0.1, -0.05) is 0 Å². The highest BCUT2D eigenvalue weighted by Gasteiger charge is 2.15. The van der Waals surface area contributed by atoms with Crippen LogP contribution >= 0.6 is 0 Å². The number of hydrogen-bond donors (Lipinski definition) is 2. The van der Waals surface area contributed by atoms with Crippen LogP contribution in [0.2, 0.25) is 0 Å². The summed E-state index contributed by atoms with van der Waals surface area (Å²) >= 11 is 0. The first-order valence-electron chi connectivity index (χ1n) is 11.1. The number of nitrogens with one attached hydrogen (secondary N) is 2. The number of aromatic nitrogens is 1. The first-order valence-corrected chi connectivity index (χ1v) is 11.1. The van der Waals surface area contributed by atoms with Gasteiger partial charge in [0, 0.05) is 64.1 Å². The Balaban J connectivity index is 1.93. The van der Waals surface area contributed by atoms with Crippen molar-refractivity contribution >= 4 is 11.8 Å². The Morgan fingerprint density at radius 3 is 2.45 bits per heavy atom. The molecule has 0 unspecified atom stereocenters. The highest BCUT2D eigenvalue weighted by atomic mass is 15.3. The molecule has 0 atom stereocenters. The number of pyridine rings is 1. The summed E-state index contributed by atoms with van der Waals surface area (Å²) in [6, 6.07) is 5.33. The number of anilines is 1. The number of aliphatic imine (C=N–C) groups is 1. The van der Waals surface area contributed by atoms with Crippen LogP contribution in [-0.2, 0) is 6.54 Å². The summed E-state index contributed by atoms with van der Waals surface area (Å²) in [7, 11) is 2.17. The van der Waals surface area contributed by atoms with Crippen molar-refractivity contribution in [1.82, 2.24) is 25.4 Å². The number of guanidine groups is 1. The normalized spacial score (nSPS) is 16.2. The van der Waals surface area contributed by atoms with Crippen molar-refractivity contribution in [3.63, 3.8) is 0 Å². The lowest BCUT2D eigenvalue weighted by molar-refractivity contribution is 0.178. The first kappa shape index (κ1) is 23.4. The fraction of sp³-hybridized carbons (Fsp3) is 0.727. The number of likely N-dealkylation sites (N-methyl/N-ethyl adjacent to an activating group) is 1. The quantitative estimate of drug-likeness (QED) is 0.486. The van der Waals surface area contributed by atoms with Crippen molar-refractivity contribution in [3.8, 4) is 0 Å². The summed E-state index contributed by atoms with van der Waals surface area (Å²) in [6.07, 6.45) is 1.90. The van der Waals surface area contributed by atoms with Gasteiger partial charge >= 0.3 is 0 Å². The van der Waals surface area contributed by atoms with E-state index in [1.807, 2.05) is 6.20 Å². The maximum atomic E-state index is 4.79. The Labute approximate surface area is 177 Å². The average Bonchev–Trinajstić information content (AvgIpc) is 2.69. The van der Waals surface area contributed by atoms with E-state index in [1.165, 1.54) is 5.56 Å². The molecule has 2 heterocycles. The monoisotopic (exact) mass is 403 g/mol. The molecule has 0 aromatic carbocycles. The Hall–Kier alpha value is -1.86. The molecule has 1 aliphatic rings. The third-order valence-corrected chi connectivity index (χ3v) is 5.39. The van der Waals surface area contributed by atoms with E-state index in [9.17, 15) is 0 Å². The standard InChI is InChI=1S/C22H41N7/c1-7-23-22(25-10-11-29(18(2)3)19(4)5)26-17-20-8-9-24-21(16-20)28-14-12-27(6)13-15-28/h8-9,16,18-19H,7,10-15,17H2,1-6H3,(H2,23,25,26). The van der Waals surface area contributed by atoms with Gasteiger partial charge in [-0.05, 0) is 59.4 Å². The van der Waals surface area contributed by atoms with Crippen LogP contribution in [0, 0.1) is 0 Å². The lowest BCUT2D eigenvalue weighted by atomic mass is 10.2. The molecule has 1 aromatic heterocycles. The predicted molar refractivity (Wildman–Crippen MR) is 124 cm³/mol. The number of piperazine rings is 1. The zero-order valence-corrected chi connectivity index (χ0v) is 19.3. The molecule has 1 saturated heterocycles. The molecule has 1 aliphatic heterocycles. The molecule has 0 spiro atoms. The van der Waals surface area contributed by atoms with Crippen LogP contribution in [0.4, 0.5) is 5.82 Å². The van der Waals surface area contributed by atoms with E-state index in [-0.39, 0.29) is 0 Å². The molecule has 1 fully saturated rings.